The molecule has 1 aliphatic heterocycles. The SMILES string of the molecule is COC1N=CC=CC1CO. The van der Waals surface area contributed by atoms with Gasteiger partial charge in [0.15, 0.2) is 6.23 Å². The second kappa shape index (κ2) is 3.49. The molecule has 0 aromatic rings. The van der Waals surface area contributed by atoms with Gasteiger partial charge in [0, 0.05) is 19.2 Å². The molecule has 10 heavy (non-hydrogen) atoms. The molecule has 0 spiro atoms. The third kappa shape index (κ3) is 1.43. The average molecular weight is 141 g/mol. The molecular weight excluding hydrogens is 130 g/mol. The van der Waals surface area contributed by atoms with Crippen molar-refractivity contribution in [1.29, 1.82) is 0 Å². The van der Waals surface area contributed by atoms with Crippen molar-refractivity contribution in [3.05, 3.63) is 12.2 Å². The van der Waals surface area contributed by atoms with Crippen LogP contribution in [0.5, 0.6) is 0 Å². The highest BCUT2D eigenvalue weighted by molar-refractivity contribution is 5.72. The molecule has 2 unspecified atom stereocenters. The van der Waals surface area contributed by atoms with Gasteiger partial charge >= 0.3 is 0 Å². The Labute approximate surface area is 60.0 Å². The van der Waals surface area contributed by atoms with Crippen molar-refractivity contribution in [2.45, 2.75) is 6.23 Å². The van der Waals surface area contributed by atoms with Crippen LogP contribution in [0, 0.1) is 5.92 Å². The lowest BCUT2D eigenvalue weighted by atomic mass is 10.1. The molecule has 3 nitrogen and oxygen atoms in total. The zero-order valence-electron chi connectivity index (χ0n) is 5.90. The van der Waals surface area contributed by atoms with E-state index in [0.717, 1.165) is 0 Å². The Bertz CT molecular complexity index is 136. The van der Waals surface area contributed by atoms with Crippen molar-refractivity contribution in [2.24, 2.45) is 10.9 Å². The zero-order chi connectivity index (χ0) is 7.40. The van der Waals surface area contributed by atoms with Crippen molar-refractivity contribution >= 4 is 6.21 Å². The van der Waals surface area contributed by atoms with E-state index in [9.17, 15) is 0 Å². The molecule has 56 valence electrons. The summed E-state index contributed by atoms with van der Waals surface area (Å²) in [6.45, 7) is 0.0896. The fourth-order valence-electron chi connectivity index (χ4n) is 0.919. The van der Waals surface area contributed by atoms with Crippen LogP contribution < -0.4 is 0 Å². The Morgan fingerprint density at radius 1 is 1.70 bits per heavy atom. The maximum absolute atomic E-state index is 8.79. The third-order valence-electron chi connectivity index (χ3n) is 1.50. The average Bonchev–Trinajstić information content (AvgIpc) is 2.04. The summed E-state index contributed by atoms with van der Waals surface area (Å²) < 4.78 is 4.99. The van der Waals surface area contributed by atoms with Gasteiger partial charge in [-0.2, -0.15) is 0 Å². The highest BCUT2D eigenvalue weighted by Gasteiger charge is 2.17. The van der Waals surface area contributed by atoms with Crippen LogP contribution in [0.4, 0.5) is 0 Å². The van der Waals surface area contributed by atoms with Crippen LogP contribution >= 0.6 is 0 Å². The van der Waals surface area contributed by atoms with Crippen molar-refractivity contribution in [3.63, 3.8) is 0 Å². The van der Waals surface area contributed by atoms with E-state index in [1.807, 2.05) is 12.2 Å². The van der Waals surface area contributed by atoms with Crippen LogP contribution in [0.25, 0.3) is 0 Å². The lowest BCUT2D eigenvalue weighted by Gasteiger charge is -2.19. The zero-order valence-corrected chi connectivity index (χ0v) is 5.90. The van der Waals surface area contributed by atoms with Crippen LogP contribution in [-0.4, -0.2) is 31.3 Å². The molecule has 0 saturated heterocycles. The molecule has 1 heterocycles. The van der Waals surface area contributed by atoms with Crippen molar-refractivity contribution in [2.75, 3.05) is 13.7 Å². The second-order valence-corrected chi connectivity index (χ2v) is 2.16. The van der Waals surface area contributed by atoms with E-state index in [2.05, 4.69) is 4.99 Å². The highest BCUT2D eigenvalue weighted by Crippen LogP contribution is 2.12. The number of hydrogen-bond donors (Lipinski definition) is 1. The maximum Gasteiger partial charge on any atom is 0.156 e. The lowest BCUT2D eigenvalue weighted by Crippen LogP contribution is -2.24. The van der Waals surface area contributed by atoms with Crippen LogP contribution in [0.2, 0.25) is 0 Å². The molecule has 1 N–H and O–H groups in total. The van der Waals surface area contributed by atoms with Gasteiger partial charge < -0.3 is 9.84 Å². The summed E-state index contributed by atoms with van der Waals surface area (Å²) in [5.74, 6) is 0.0231. The van der Waals surface area contributed by atoms with Gasteiger partial charge in [-0.15, -0.1) is 0 Å². The van der Waals surface area contributed by atoms with Gasteiger partial charge in [0.1, 0.15) is 0 Å². The minimum atomic E-state index is -0.199. The first-order chi connectivity index (χ1) is 4.88. The van der Waals surface area contributed by atoms with Gasteiger partial charge in [0.2, 0.25) is 0 Å². The van der Waals surface area contributed by atoms with E-state index in [-0.39, 0.29) is 18.8 Å². The van der Waals surface area contributed by atoms with Crippen LogP contribution in [0.15, 0.2) is 17.1 Å². The molecule has 0 aliphatic carbocycles. The first kappa shape index (κ1) is 7.44. The molecule has 0 fully saturated rings. The predicted octanol–water partition coefficient (Wildman–Crippen LogP) is 0.208. The van der Waals surface area contributed by atoms with E-state index in [4.69, 9.17) is 9.84 Å². The Hall–Kier alpha value is -0.670. The molecule has 2 atom stereocenters. The maximum atomic E-state index is 8.79. The van der Waals surface area contributed by atoms with Gasteiger partial charge in [-0.05, 0) is 6.08 Å². The number of aliphatic hydroxyl groups is 1. The topological polar surface area (TPSA) is 41.8 Å². The molecule has 0 aromatic carbocycles. The lowest BCUT2D eigenvalue weighted by molar-refractivity contribution is 0.0514. The normalized spacial score (nSPS) is 31.0. The Kier molecular flexibility index (Phi) is 2.59. The summed E-state index contributed by atoms with van der Waals surface area (Å²) in [4.78, 5) is 4.01. The van der Waals surface area contributed by atoms with Gasteiger partial charge in [-0.1, -0.05) is 6.08 Å². The summed E-state index contributed by atoms with van der Waals surface area (Å²) >= 11 is 0. The highest BCUT2D eigenvalue weighted by atomic mass is 16.5. The summed E-state index contributed by atoms with van der Waals surface area (Å²) in [5, 5.41) is 8.79. The smallest absolute Gasteiger partial charge is 0.156 e. The van der Waals surface area contributed by atoms with Gasteiger partial charge in [0.05, 0.1) is 6.61 Å². The molecular formula is C7H11NO2. The van der Waals surface area contributed by atoms with E-state index >= 15 is 0 Å². The van der Waals surface area contributed by atoms with Crippen molar-refractivity contribution in [1.82, 2.24) is 0 Å². The molecule has 1 aliphatic rings. The Balaban J connectivity index is 2.55. The molecule has 0 aromatic heterocycles. The molecule has 0 saturated carbocycles. The summed E-state index contributed by atoms with van der Waals surface area (Å²) in [6.07, 6.45) is 5.19. The Morgan fingerprint density at radius 2 is 2.50 bits per heavy atom. The number of aliphatic hydroxyl groups excluding tert-OH is 1. The number of methoxy groups -OCH3 is 1. The number of ether oxygens (including phenoxy) is 1. The molecule has 1 rings (SSSR count). The van der Waals surface area contributed by atoms with E-state index < -0.39 is 0 Å². The van der Waals surface area contributed by atoms with Gasteiger partial charge in [-0.3, -0.25) is 4.99 Å². The number of hydrogen-bond acceptors (Lipinski definition) is 3. The summed E-state index contributed by atoms with van der Waals surface area (Å²) in [5.41, 5.74) is 0. The van der Waals surface area contributed by atoms with Crippen LogP contribution in [-0.2, 0) is 4.74 Å². The largest absolute Gasteiger partial charge is 0.396 e. The third-order valence-corrected chi connectivity index (χ3v) is 1.50. The van der Waals surface area contributed by atoms with E-state index in [0.29, 0.717) is 0 Å². The van der Waals surface area contributed by atoms with Crippen LogP contribution in [0.3, 0.4) is 0 Å². The molecule has 3 heteroatoms. The number of dihydropyridines is 1. The van der Waals surface area contributed by atoms with Crippen molar-refractivity contribution in [3.8, 4) is 0 Å². The monoisotopic (exact) mass is 141 g/mol. The van der Waals surface area contributed by atoms with E-state index in [1.165, 1.54) is 0 Å². The van der Waals surface area contributed by atoms with E-state index in [1.54, 1.807) is 13.3 Å². The minimum absolute atomic E-state index is 0.0231. The minimum Gasteiger partial charge on any atom is -0.396 e. The van der Waals surface area contributed by atoms with Crippen LogP contribution in [0.1, 0.15) is 0 Å². The molecule has 0 bridgehead atoms. The number of aliphatic imine (C=N–C) groups is 1. The fourth-order valence-corrected chi connectivity index (χ4v) is 0.919. The van der Waals surface area contributed by atoms with Gasteiger partial charge in [0.25, 0.3) is 0 Å². The first-order valence-electron chi connectivity index (χ1n) is 3.22. The first-order valence-corrected chi connectivity index (χ1v) is 3.22. The predicted molar refractivity (Wildman–Crippen MR) is 39.0 cm³/mol. The van der Waals surface area contributed by atoms with Gasteiger partial charge in [-0.25, -0.2) is 0 Å². The number of rotatable bonds is 2. The number of nitrogens with zero attached hydrogens (tertiary/aromatic N) is 1. The summed E-state index contributed by atoms with van der Waals surface area (Å²) in [7, 11) is 1.59. The quantitative estimate of drug-likeness (QED) is 0.597. The van der Waals surface area contributed by atoms with Crippen molar-refractivity contribution < 1.29 is 9.84 Å². The standard InChI is InChI=1S/C7H11NO2/c1-10-7-6(5-9)3-2-4-8-7/h2-4,6-7,9H,5H2,1H3. The Morgan fingerprint density at radius 3 is 3.00 bits per heavy atom. The second-order valence-electron chi connectivity index (χ2n) is 2.16. The summed E-state index contributed by atoms with van der Waals surface area (Å²) in [6, 6.07) is 0. The fraction of sp³-hybridized carbons (Fsp3) is 0.571. The molecule has 0 radical (unpaired) electrons. The number of allylic oxidation sites excluding steroid dienone is 1. The molecule has 0 amide bonds.